The van der Waals surface area contributed by atoms with Crippen molar-refractivity contribution in [3.63, 3.8) is 0 Å². The molecule has 28 heavy (non-hydrogen) atoms. The van der Waals surface area contributed by atoms with Gasteiger partial charge in [-0.1, -0.05) is 30.3 Å². The van der Waals surface area contributed by atoms with Crippen molar-refractivity contribution in [2.45, 2.75) is 6.23 Å². The highest BCUT2D eigenvalue weighted by Crippen LogP contribution is 2.27. The van der Waals surface area contributed by atoms with Gasteiger partial charge in [-0.3, -0.25) is 10.3 Å². The summed E-state index contributed by atoms with van der Waals surface area (Å²) in [4.78, 5) is 23.3. The second-order valence-electron chi connectivity index (χ2n) is 6.31. The van der Waals surface area contributed by atoms with E-state index < -0.39 is 6.23 Å². The minimum atomic E-state index is -0.686. The molecule has 4 rings (SSSR count). The Morgan fingerprint density at radius 1 is 1.18 bits per heavy atom. The van der Waals surface area contributed by atoms with Crippen LogP contribution in [0.2, 0.25) is 0 Å². The maximum absolute atomic E-state index is 12.7. The Morgan fingerprint density at radius 2 is 2.00 bits per heavy atom. The Kier molecular flexibility index (Phi) is 5.79. The summed E-state index contributed by atoms with van der Waals surface area (Å²) in [5.41, 5.74) is 1.88. The summed E-state index contributed by atoms with van der Waals surface area (Å²) in [6, 6.07) is 13.4. The van der Waals surface area contributed by atoms with Gasteiger partial charge in [0.2, 0.25) is 6.23 Å². The fourth-order valence-electron chi connectivity index (χ4n) is 2.92. The summed E-state index contributed by atoms with van der Waals surface area (Å²) in [6.45, 7) is 2.91. The topological polar surface area (TPSA) is 79.4 Å². The fraction of sp³-hybridized carbons (Fsp3) is 0.250. The van der Waals surface area contributed by atoms with Crippen molar-refractivity contribution in [1.82, 2.24) is 25.5 Å². The third-order valence-electron chi connectivity index (χ3n) is 4.36. The van der Waals surface area contributed by atoms with Gasteiger partial charge in [0.05, 0.1) is 11.9 Å². The molecule has 0 radical (unpaired) electrons. The van der Waals surface area contributed by atoms with E-state index in [9.17, 15) is 4.79 Å². The van der Waals surface area contributed by atoms with E-state index in [2.05, 4.69) is 15.6 Å². The summed E-state index contributed by atoms with van der Waals surface area (Å²) >= 11 is 1.46. The Morgan fingerprint density at radius 3 is 2.75 bits per heavy atom. The molecule has 0 aliphatic carbocycles. The molecule has 8 heteroatoms. The van der Waals surface area contributed by atoms with Gasteiger partial charge < -0.3 is 15.0 Å². The van der Waals surface area contributed by atoms with Gasteiger partial charge in [-0.2, -0.15) is 0 Å². The van der Waals surface area contributed by atoms with Crippen LogP contribution in [-0.2, 0) is 0 Å². The number of carbonyl (C=O) groups excluding carboxylic acids is 1. The van der Waals surface area contributed by atoms with Crippen LogP contribution in [0.15, 0.2) is 60.2 Å². The van der Waals surface area contributed by atoms with Gasteiger partial charge in [-0.25, -0.2) is 9.78 Å². The molecule has 1 unspecified atom stereocenters. The predicted octanol–water partition coefficient (Wildman–Crippen LogP) is 2.90. The van der Waals surface area contributed by atoms with Gasteiger partial charge in [0, 0.05) is 43.3 Å². The van der Waals surface area contributed by atoms with Crippen molar-refractivity contribution in [2.75, 3.05) is 26.2 Å². The average Bonchev–Trinajstić information content (AvgIpc) is 3.25. The van der Waals surface area contributed by atoms with E-state index in [-0.39, 0.29) is 6.03 Å². The van der Waals surface area contributed by atoms with Crippen LogP contribution in [0.25, 0.3) is 11.3 Å². The monoisotopic (exact) mass is 395 g/mol. The van der Waals surface area contributed by atoms with E-state index >= 15 is 0 Å². The molecule has 0 spiro atoms. The first kappa shape index (κ1) is 18.4. The lowest BCUT2D eigenvalue weighted by atomic mass is 10.2. The zero-order valence-corrected chi connectivity index (χ0v) is 16.1. The zero-order chi connectivity index (χ0) is 19.2. The normalized spacial score (nSPS) is 15.1. The number of benzene rings is 1. The Bertz CT molecular complexity index is 897. The smallest absolute Gasteiger partial charge is 0.320 e. The van der Waals surface area contributed by atoms with Gasteiger partial charge in [0.15, 0.2) is 5.01 Å². The van der Waals surface area contributed by atoms with Crippen molar-refractivity contribution in [3.8, 4) is 17.0 Å². The number of piperazine rings is 1. The van der Waals surface area contributed by atoms with Crippen LogP contribution in [-0.4, -0.2) is 47.1 Å². The second kappa shape index (κ2) is 8.81. The molecule has 1 aliphatic rings. The number of pyridine rings is 1. The van der Waals surface area contributed by atoms with Gasteiger partial charge in [0.1, 0.15) is 5.75 Å². The predicted molar refractivity (Wildman–Crippen MR) is 108 cm³/mol. The average molecular weight is 395 g/mol. The van der Waals surface area contributed by atoms with Crippen molar-refractivity contribution >= 4 is 17.4 Å². The van der Waals surface area contributed by atoms with E-state index in [1.165, 1.54) is 11.3 Å². The summed E-state index contributed by atoms with van der Waals surface area (Å²) in [7, 11) is 0. The van der Waals surface area contributed by atoms with Crippen molar-refractivity contribution < 1.29 is 9.53 Å². The third kappa shape index (κ3) is 4.47. The molecular formula is C20H21N5O2S. The van der Waals surface area contributed by atoms with Crippen molar-refractivity contribution in [3.05, 3.63) is 65.2 Å². The van der Waals surface area contributed by atoms with Gasteiger partial charge >= 0.3 is 6.03 Å². The highest BCUT2D eigenvalue weighted by atomic mass is 32.1. The van der Waals surface area contributed by atoms with Gasteiger partial charge in [-0.05, 0) is 12.1 Å². The fourth-order valence-corrected chi connectivity index (χ4v) is 3.72. The molecule has 1 aliphatic heterocycles. The summed E-state index contributed by atoms with van der Waals surface area (Å²) in [6.07, 6.45) is 2.61. The molecule has 2 amide bonds. The number of hydrogen-bond acceptors (Lipinski definition) is 6. The second-order valence-corrected chi connectivity index (χ2v) is 7.20. The minimum Gasteiger partial charge on any atom is -0.462 e. The van der Waals surface area contributed by atoms with Crippen LogP contribution in [0.3, 0.4) is 0 Å². The zero-order valence-electron chi connectivity index (χ0n) is 15.2. The number of nitrogens with one attached hydrogen (secondary N) is 2. The molecule has 2 N–H and O–H groups in total. The molecule has 1 atom stereocenters. The first-order valence-electron chi connectivity index (χ1n) is 9.13. The van der Waals surface area contributed by atoms with Gasteiger partial charge in [0.25, 0.3) is 0 Å². The Labute approximate surface area is 167 Å². The number of thiazole rings is 1. The number of aromatic nitrogens is 2. The minimum absolute atomic E-state index is 0.160. The summed E-state index contributed by atoms with van der Waals surface area (Å²) in [5.74, 6) is 0.574. The Balaban J connectivity index is 1.55. The van der Waals surface area contributed by atoms with Gasteiger partial charge in [-0.15, -0.1) is 11.3 Å². The first-order valence-corrected chi connectivity index (χ1v) is 10.0. The van der Waals surface area contributed by atoms with E-state index in [0.29, 0.717) is 23.8 Å². The summed E-state index contributed by atoms with van der Waals surface area (Å²) < 4.78 is 6.02. The lowest BCUT2D eigenvalue weighted by Gasteiger charge is -2.29. The summed E-state index contributed by atoms with van der Waals surface area (Å²) in [5, 5.41) is 8.88. The molecule has 1 saturated heterocycles. The Hall–Kier alpha value is -2.97. The molecule has 3 aromatic rings. The van der Waals surface area contributed by atoms with Crippen LogP contribution < -0.4 is 15.4 Å². The number of carbonyl (C=O) groups is 1. The number of ether oxygens (including phenoxy) is 1. The van der Waals surface area contributed by atoms with Crippen LogP contribution in [0.1, 0.15) is 11.2 Å². The highest BCUT2D eigenvalue weighted by molar-refractivity contribution is 7.10. The van der Waals surface area contributed by atoms with E-state index in [1.54, 1.807) is 23.4 Å². The van der Waals surface area contributed by atoms with Crippen LogP contribution in [0, 0.1) is 0 Å². The highest BCUT2D eigenvalue weighted by Gasteiger charge is 2.24. The lowest BCUT2D eigenvalue weighted by molar-refractivity contribution is 0.139. The standard InChI is InChI=1S/C20H21N5O2S/c26-20(25-11-9-21-10-12-25)24-18(27-16-7-4-8-22-13-16)19-23-17(14-28-19)15-5-2-1-3-6-15/h1-8,13-14,18,21H,9-12H2,(H,24,26). The van der Waals surface area contributed by atoms with E-state index in [1.807, 2.05) is 41.8 Å². The first-order chi connectivity index (χ1) is 13.8. The maximum Gasteiger partial charge on any atom is 0.320 e. The van der Waals surface area contributed by atoms with Crippen molar-refractivity contribution in [1.29, 1.82) is 0 Å². The number of urea groups is 1. The molecule has 7 nitrogen and oxygen atoms in total. The SMILES string of the molecule is O=C(NC(Oc1cccnc1)c1nc(-c2ccccc2)cs1)N1CCNCC1. The molecule has 144 valence electrons. The van der Waals surface area contributed by atoms with Crippen LogP contribution in [0.5, 0.6) is 5.75 Å². The largest absolute Gasteiger partial charge is 0.462 e. The molecule has 1 fully saturated rings. The molecule has 2 aromatic heterocycles. The quantitative estimate of drug-likeness (QED) is 0.650. The molecule has 1 aromatic carbocycles. The molecule has 3 heterocycles. The molecule has 0 bridgehead atoms. The van der Waals surface area contributed by atoms with Crippen molar-refractivity contribution in [2.24, 2.45) is 0 Å². The number of hydrogen-bond donors (Lipinski definition) is 2. The van der Waals surface area contributed by atoms with E-state index in [0.717, 1.165) is 24.3 Å². The van der Waals surface area contributed by atoms with E-state index in [4.69, 9.17) is 9.72 Å². The maximum atomic E-state index is 12.7. The number of nitrogens with zero attached hydrogens (tertiary/aromatic N) is 3. The molecule has 0 saturated carbocycles. The third-order valence-corrected chi connectivity index (χ3v) is 5.25. The number of amides is 2. The lowest BCUT2D eigenvalue weighted by Crippen LogP contribution is -2.51. The molecular weight excluding hydrogens is 374 g/mol. The van der Waals surface area contributed by atoms with Crippen LogP contribution in [0.4, 0.5) is 4.79 Å². The number of rotatable bonds is 5. The van der Waals surface area contributed by atoms with Crippen LogP contribution >= 0.6 is 11.3 Å².